The first-order valence-corrected chi connectivity index (χ1v) is 4.30. The van der Waals surface area contributed by atoms with Crippen LogP contribution in [0.3, 0.4) is 0 Å². The summed E-state index contributed by atoms with van der Waals surface area (Å²) in [6, 6.07) is 1.29. The van der Waals surface area contributed by atoms with Crippen LogP contribution in [0.15, 0.2) is 11.0 Å². The molecule has 0 amide bonds. The van der Waals surface area contributed by atoms with Gasteiger partial charge < -0.3 is 5.73 Å². The molecule has 0 spiro atoms. The first-order valence-electron chi connectivity index (χ1n) is 4.30. The van der Waals surface area contributed by atoms with Crippen LogP contribution in [-0.4, -0.2) is 15.3 Å². The molecule has 0 saturated heterocycles. The van der Waals surface area contributed by atoms with E-state index in [0.29, 0.717) is 0 Å². The normalized spacial score (nSPS) is 10.0. The van der Waals surface area contributed by atoms with Crippen molar-refractivity contribution >= 4 is 11.6 Å². The summed E-state index contributed by atoms with van der Waals surface area (Å²) < 4.78 is 1.25. The molecular weight excluding hydrogens is 196 g/mol. The van der Waals surface area contributed by atoms with Crippen molar-refractivity contribution in [1.82, 2.24) is 9.55 Å². The van der Waals surface area contributed by atoms with Crippen LogP contribution in [0.5, 0.6) is 0 Å². The Labute approximate surface area is 86.0 Å². The summed E-state index contributed by atoms with van der Waals surface area (Å²) in [7, 11) is 0. The highest BCUT2D eigenvalue weighted by molar-refractivity contribution is 6.10. The van der Waals surface area contributed by atoms with Crippen LogP contribution >= 0.6 is 0 Å². The zero-order valence-corrected chi connectivity index (χ0v) is 8.39. The number of carbonyl (C=O) groups is 1. The molecule has 0 radical (unpaired) electrons. The van der Waals surface area contributed by atoms with Gasteiger partial charge in [0.15, 0.2) is 0 Å². The predicted octanol–water partition coefficient (Wildman–Crippen LogP) is 0.113. The van der Waals surface area contributed by atoms with Gasteiger partial charge >= 0.3 is 5.69 Å². The Morgan fingerprint density at radius 2 is 2.27 bits per heavy atom. The molecule has 1 aromatic rings. The molecule has 0 unspecified atom stereocenters. The van der Waals surface area contributed by atoms with E-state index in [1.54, 1.807) is 13.8 Å². The van der Waals surface area contributed by atoms with Crippen LogP contribution in [0.1, 0.15) is 30.2 Å². The molecule has 0 atom stereocenters. The Morgan fingerprint density at radius 1 is 1.67 bits per heavy atom. The number of rotatable bonds is 2. The van der Waals surface area contributed by atoms with Gasteiger partial charge in [0, 0.05) is 12.2 Å². The number of hydrogen-bond acceptors (Lipinski definition) is 5. The average Bonchev–Trinajstić information content (AvgIpc) is 2.16. The quantitative estimate of drug-likeness (QED) is 0.546. The van der Waals surface area contributed by atoms with Crippen LogP contribution in [0.25, 0.3) is 0 Å². The van der Waals surface area contributed by atoms with E-state index in [1.165, 1.54) is 16.8 Å². The number of hydrogen-bond donors (Lipinski definition) is 1. The minimum atomic E-state index is -0.797. The minimum absolute atomic E-state index is 0.0363. The summed E-state index contributed by atoms with van der Waals surface area (Å²) in [4.78, 5) is 25.9. The summed E-state index contributed by atoms with van der Waals surface area (Å²) in [5.41, 5.74) is 4.80. The van der Waals surface area contributed by atoms with Crippen molar-refractivity contribution in [2.75, 3.05) is 5.73 Å². The fourth-order valence-electron chi connectivity index (χ4n) is 1.09. The summed E-state index contributed by atoms with van der Waals surface area (Å²) in [6.07, 6.45) is 1.26. The van der Waals surface area contributed by atoms with Crippen molar-refractivity contribution in [2.24, 2.45) is 0 Å². The first-order chi connectivity index (χ1) is 6.97. The molecule has 1 aromatic heterocycles. The number of nitrogens with two attached hydrogens (primary N) is 1. The maximum Gasteiger partial charge on any atom is 0.349 e. The second-order valence-electron chi connectivity index (χ2n) is 3.26. The van der Waals surface area contributed by atoms with E-state index in [2.05, 4.69) is 4.98 Å². The first kappa shape index (κ1) is 10.9. The molecule has 6 nitrogen and oxygen atoms in total. The van der Waals surface area contributed by atoms with Gasteiger partial charge in [0.2, 0.25) is 0 Å². The van der Waals surface area contributed by atoms with Crippen LogP contribution in [0, 0.1) is 11.3 Å². The van der Waals surface area contributed by atoms with Gasteiger partial charge in [0.1, 0.15) is 11.9 Å². The monoisotopic (exact) mass is 206 g/mol. The van der Waals surface area contributed by atoms with Gasteiger partial charge in [0.25, 0.3) is 5.78 Å². The van der Waals surface area contributed by atoms with Gasteiger partial charge in [-0.15, -0.1) is 0 Å². The number of ketones is 1. The van der Waals surface area contributed by atoms with Gasteiger partial charge in [-0.05, 0) is 13.8 Å². The maximum atomic E-state index is 11.3. The summed E-state index contributed by atoms with van der Waals surface area (Å²) in [5.74, 6) is -1.00. The highest BCUT2D eigenvalue weighted by atomic mass is 16.1. The Bertz CT molecular complexity index is 496. The SMILES string of the molecule is CC(C)n1cc(C(=O)C#N)c(N)nc1=O. The third-order valence-corrected chi connectivity index (χ3v) is 1.88. The molecule has 0 aliphatic carbocycles. The Morgan fingerprint density at radius 3 is 2.73 bits per heavy atom. The number of aromatic nitrogens is 2. The van der Waals surface area contributed by atoms with E-state index in [4.69, 9.17) is 11.0 Å². The minimum Gasteiger partial charge on any atom is -0.383 e. The fraction of sp³-hybridized carbons (Fsp3) is 0.333. The van der Waals surface area contributed by atoms with E-state index in [-0.39, 0.29) is 17.4 Å². The van der Waals surface area contributed by atoms with E-state index in [1.807, 2.05) is 0 Å². The largest absolute Gasteiger partial charge is 0.383 e. The highest BCUT2D eigenvalue weighted by Gasteiger charge is 2.14. The lowest BCUT2D eigenvalue weighted by Gasteiger charge is -2.10. The molecule has 1 rings (SSSR count). The molecule has 78 valence electrons. The second-order valence-corrected chi connectivity index (χ2v) is 3.26. The average molecular weight is 206 g/mol. The molecule has 1 heterocycles. The zero-order chi connectivity index (χ0) is 11.6. The lowest BCUT2D eigenvalue weighted by Crippen LogP contribution is -2.27. The number of nitriles is 1. The summed E-state index contributed by atoms with van der Waals surface area (Å²) >= 11 is 0. The molecule has 0 bridgehead atoms. The Kier molecular flexibility index (Phi) is 2.85. The molecule has 0 saturated carbocycles. The molecule has 0 aliphatic rings. The van der Waals surface area contributed by atoms with E-state index in [0.717, 1.165) is 0 Å². The number of Topliss-reactive ketones (excluding diaryl/α,β-unsaturated/α-hetero) is 1. The van der Waals surface area contributed by atoms with Crippen LogP contribution in [-0.2, 0) is 0 Å². The number of nitrogen functional groups attached to an aromatic ring is 1. The lowest BCUT2D eigenvalue weighted by molar-refractivity contribution is 0.105. The van der Waals surface area contributed by atoms with E-state index < -0.39 is 11.5 Å². The van der Waals surface area contributed by atoms with Crippen LogP contribution < -0.4 is 11.4 Å². The van der Waals surface area contributed by atoms with Crippen molar-refractivity contribution in [3.63, 3.8) is 0 Å². The highest BCUT2D eigenvalue weighted by Crippen LogP contribution is 2.08. The van der Waals surface area contributed by atoms with Gasteiger partial charge in [-0.1, -0.05) is 0 Å². The van der Waals surface area contributed by atoms with Gasteiger partial charge in [-0.2, -0.15) is 10.2 Å². The standard InChI is InChI=1S/C9H10N4O2/c1-5(2)13-4-6(7(14)3-10)8(11)12-9(13)15/h4-5H,1-2H3,(H2,11,12,15). The van der Waals surface area contributed by atoms with Gasteiger partial charge in [0.05, 0.1) is 5.56 Å². The van der Waals surface area contributed by atoms with Crippen molar-refractivity contribution in [2.45, 2.75) is 19.9 Å². The van der Waals surface area contributed by atoms with Gasteiger partial charge in [-0.3, -0.25) is 9.36 Å². The molecule has 0 aliphatic heterocycles. The third-order valence-electron chi connectivity index (χ3n) is 1.88. The molecule has 0 aromatic carbocycles. The molecular formula is C9H10N4O2. The lowest BCUT2D eigenvalue weighted by atomic mass is 10.2. The maximum absolute atomic E-state index is 11.3. The van der Waals surface area contributed by atoms with Crippen LogP contribution in [0.4, 0.5) is 5.82 Å². The molecule has 6 heteroatoms. The third kappa shape index (κ3) is 2.02. The zero-order valence-electron chi connectivity index (χ0n) is 8.39. The summed E-state index contributed by atoms with van der Waals surface area (Å²) in [5, 5.41) is 8.44. The van der Waals surface area contributed by atoms with Crippen LogP contribution in [0.2, 0.25) is 0 Å². The van der Waals surface area contributed by atoms with E-state index >= 15 is 0 Å². The number of carbonyl (C=O) groups excluding carboxylic acids is 1. The topological polar surface area (TPSA) is 102 Å². The Hall–Kier alpha value is -2.16. The fourth-order valence-corrected chi connectivity index (χ4v) is 1.09. The summed E-state index contributed by atoms with van der Waals surface area (Å²) in [6.45, 7) is 3.53. The van der Waals surface area contributed by atoms with Crippen molar-refractivity contribution in [3.8, 4) is 6.07 Å². The number of nitrogens with zero attached hydrogens (tertiary/aromatic N) is 3. The predicted molar refractivity (Wildman–Crippen MR) is 53.2 cm³/mol. The van der Waals surface area contributed by atoms with Crippen molar-refractivity contribution in [3.05, 3.63) is 22.2 Å². The Balaban J connectivity index is 3.44. The molecule has 0 fully saturated rings. The molecule has 2 N–H and O–H groups in total. The number of anilines is 1. The van der Waals surface area contributed by atoms with Crippen molar-refractivity contribution in [1.29, 1.82) is 5.26 Å². The van der Waals surface area contributed by atoms with Crippen molar-refractivity contribution < 1.29 is 4.79 Å². The molecule has 15 heavy (non-hydrogen) atoms. The second kappa shape index (κ2) is 3.92. The van der Waals surface area contributed by atoms with Gasteiger partial charge in [-0.25, -0.2) is 4.79 Å². The van der Waals surface area contributed by atoms with E-state index in [9.17, 15) is 9.59 Å². The smallest absolute Gasteiger partial charge is 0.349 e.